The lowest BCUT2D eigenvalue weighted by atomic mass is 9.94. The second kappa shape index (κ2) is 4.47. The van der Waals surface area contributed by atoms with Crippen molar-refractivity contribution in [2.24, 2.45) is 0 Å². The molecule has 1 aliphatic carbocycles. The van der Waals surface area contributed by atoms with E-state index in [4.69, 9.17) is 5.73 Å². The van der Waals surface area contributed by atoms with Gasteiger partial charge in [0.25, 0.3) is 0 Å². The highest BCUT2D eigenvalue weighted by molar-refractivity contribution is 5.41. The Morgan fingerprint density at radius 1 is 1.20 bits per heavy atom. The molecule has 0 bridgehead atoms. The van der Waals surface area contributed by atoms with Crippen molar-refractivity contribution in [1.82, 2.24) is 10.2 Å². The molecule has 1 aliphatic rings. The molecule has 1 heterocycles. The van der Waals surface area contributed by atoms with E-state index in [1.807, 2.05) is 12.1 Å². The summed E-state index contributed by atoms with van der Waals surface area (Å²) in [6.07, 6.45) is 6.57. The lowest BCUT2D eigenvalue weighted by Crippen LogP contribution is -2.34. The van der Waals surface area contributed by atoms with Gasteiger partial charge in [0.2, 0.25) is 0 Å². The summed E-state index contributed by atoms with van der Waals surface area (Å²) in [5.74, 6) is 1.41. The molecule has 0 amide bonds. The highest BCUT2D eigenvalue weighted by Gasteiger charge is 2.19. The van der Waals surface area contributed by atoms with Crippen molar-refractivity contribution in [2.45, 2.75) is 38.1 Å². The van der Waals surface area contributed by atoms with Crippen LogP contribution in [0.1, 0.15) is 32.1 Å². The molecule has 0 unspecified atom stereocenters. The Labute approximate surface area is 90.5 Å². The fourth-order valence-electron chi connectivity index (χ4n) is 2.18. The van der Waals surface area contributed by atoms with Gasteiger partial charge >= 0.3 is 0 Å². The van der Waals surface area contributed by atoms with Gasteiger partial charge < -0.3 is 10.6 Å². The Kier molecular flexibility index (Phi) is 3.04. The van der Waals surface area contributed by atoms with E-state index in [-0.39, 0.29) is 0 Å². The van der Waals surface area contributed by atoms with Crippen molar-refractivity contribution in [3.63, 3.8) is 0 Å². The lowest BCUT2D eigenvalue weighted by molar-refractivity contribution is 0.425. The molecule has 4 nitrogen and oxygen atoms in total. The van der Waals surface area contributed by atoms with Gasteiger partial charge in [-0.25, -0.2) is 0 Å². The van der Waals surface area contributed by atoms with Crippen LogP contribution in [0.25, 0.3) is 0 Å². The maximum atomic E-state index is 5.51. The van der Waals surface area contributed by atoms with E-state index >= 15 is 0 Å². The van der Waals surface area contributed by atoms with Crippen LogP contribution in [0, 0.1) is 0 Å². The van der Waals surface area contributed by atoms with Crippen LogP contribution in [0.15, 0.2) is 12.1 Å². The van der Waals surface area contributed by atoms with Crippen LogP contribution in [-0.2, 0) is 0 Å². The van der Waals surface area contributed by atoms with Crippen molar-refractivity contribution in [1.29, 1.82) is 0 Å². The third-order valence-electron chi connectivity index (χ3n) is 3.15. The Hall–Kier alpha value is -1.32. The monoisotopic (exact) mass is 206 g/mol. The molecule has 0 radical (unpaired) electrons. The summed E-state index contributed by atoms with van der Waals surface area (Å²) >= 11 is 0. The minimum absolute atomic E-state index is 0.482. The maximum Gasteiger partial charge on any atom is 0.151 e. The fraction of sp³-hybridized carbons (Fsp3) is 0.636. The highest BCUT2D eigenvalue weighted by atomic mass is 15.3. The van der Waals surface area contributed by atoms with E-state index in [0.717, 1.165) is 5.82 Å². The molecule has 0 aliphatic heterocycles. The Morgan fingerprint density at radius 3 is 2.53 bits per heavy atom. The van der Waals surface area contributed by atoms with E-state index in [0.29, 0.717) is 11.9 Å². The largest absolute Gasteiger partial charge is 0.382 e. The van der Waals surface area contributed by atoms with E-state index in [9.17, 15) is 0 Å². The van der Waals surface area contributed by atoms with Gasteiger partial charge in [-0.05, 0) is 25.0 Å². The van der Waals surface area contributed by atoms with E-state index < -0.39 is 0 Å². The van der Waals surface area contributed by atoms with Gasteiger partial charge in [0, 0.05) is 13.1 Å². The van der Waals surface area contributed by atoms with Crippen molar-refractivity contribution in [2.75, 3.05) is 17.7 Å². The molecule has 0 saturated heterocycles. The SMILES string of the molecule is CN(c1ccc(N)nn1)C1CCCCC1. The third kappa shape index (κ3) is 2.37. The average Bonchev–Trinajstić information content (AvgIpc) is 2.30. The molecule has 0 spiro atoms. The van der Waals surface area contributed by atoms with Gasteiger partial charge in [-0.3, -0.25) is 0 Å². The topological polar surface area (TPSA) is 55.0 Å². The Bertz CT molecular complexity index is 303. The first-order chi connectivity index (χ1) is 7.27. The molecule has 2 N–H and O–H groups in total. The molecular weight excluding hydrogens is 188 g/mol. The summed E-state index contributed by atoms with van der Waals surface area (Å²) in [6, 6.07) is 4.37. The smallest absolute Gasteiger partial charge is 0.151 e. The molecule has 1 aromatic heterocycles. The van der Waals surface area contributed by atoms with Gasteiger partial charge in [-0.1, -0.05) is 19.3 Å². The molecule has 0 aromatic carbocycles. The second-order valence-electron chi connectivity index (χ2n) is 4.22. The lowest BCUT2D eigenvalue weighted by Gasteiger charge is -2.31. The zero-order chi connectivity index (χ0) is 10.7. The van der Waals surface area contributed by atoms with Crippen molar-refractivity contribution in [3.05, 3.63) is 12.1 Å². The van der Waals surface area contributed by atoms with Gasteiger partial charge in [-0.2, -0.15) is 0 Å². The van der Waals surface area contributed by atoms with E-state index in [2.05, 4.69) is 22.1 Å². The predicted molar refractivity (Wildman–Crippen MR) is 61.7 cm³/mol. The summed E-state index contributed by atoms with van der Waals surface area (Å²) in [5.41, 5.74) is 5.51. The number of nitrogen functional groups attached to an aromatic ring is 1. The molecular formula is C11H18N4. The van der Waals surface area contributed by atoms with Crippen molar-refractivity contribution in [3.8, 4) is 0 Å². The molecule has 1 fully saturated rings. The molecule has 4 heteroatoms. The van der Waals surface area contributed by atoms with Gasteiger partial charge in [-0.15, -0.1) is 10.2 Å². The van der Waals surface area contributed by atoms with Gasteiger partial charge in [0.15, 0.2) is 5.82 Å². The van der Waals surface area contributed by atoms with Crippen LogP contribution in [0.4, 0.5) is 11.6 Å². The van der Waals surface area contributed by atoms with Crippen molar-refractivity contribution < 1.29 is 0 Å². The normalized spacial score (nSPS) is 17.7. The number of nitrogens with two attached hydrogens (primary N) is 1. The Balaban J connectivity index is 2.05. The summed E-state index contributed by atoms with van der Waals surface area (Å²) < 4.78 is 0. The number of hydrogen-bond donors (Lipinski definition) is 1. The summed E-state index contributed by atoms with van der Waals surface area (Å²) in [4.78, 5) is 2.23. The summed E-state index contributed by atoms with van der Waals surface area (Å²) in [7, 11) is 2.09. The predicted octanol–water partition coefficient (Wildman–Crippen LogP) is 1.83. The van der Waals surface area contributed by atoms with Crippen LogP contribution < -0.4 is 10.6 Å². The summed E-state index contributed by atoms with van der Waals surface area (Å²) in [6.45, 7) is 0. The molecule has 1 saturated carbocycles. The van der Waals surface area contributed by atoms with E-state index in [1.165, 1.54) is 32.1 Å². The number of anilines is 2. The zero-order valence-electron chi connectivity index (χ0n) is 9.19. The molecule has 2 rings (SSSR count). The summed E-state index contributed by atoms with van der Waals surface area (Å²) in [5, 5.41) is 7.99. The van der Waals surface area contributed by atoms with Crippen LogP contribution in [-0.4, -0.2) is 23.3 Å². The highest BCUT2D eigenvalue weighted by Crippen LogP contribution is 2.24. The first-order valence-corrected chi connectivity index (χ1v) is 5.59. The fourth-order valence-corrected chi connectivity index (χ4v) is 2.18. The van der Waals surface area contributed by atoms with Gasteiger partial charge in [0.05, 0.1) is 0 Å². The first-order valence-electron chi connectivity index (χ1n) is 5.59. The second-order valence-corrected chi connectivity index (χ2v) is 4.22. The quantitative estimate of drug-likeness (QED) is 0.802. The standard InChI is InChI=1S/C11H18N4/c1-15(9-5-3-2-4-6-9)11-8-7-10(12)13-14-11/h7-9H,2-6H2,1H3,(H2,12,13). The van der Waals surface area contributed by atoms with E-state index in [1.54, 1.807) is 0 Å². The zero-order valence-corrected chi connectivity index (χ0v) is 9.19. The maximum absolute atomic E-state index is 5.51. The van der Waals surface area contributed by atoms with Crippen LogP contribution in [0.5, 0.6) is 0 Å². The van der Waals surface area contributed by atoms with Crippen molar-refractivity contribution >= 4 is 11.6 Å². The minimum atomic E-state index is 0.482. The first kappa shape index (κ1) is 10.2. The van der Waals surface area contributed by atoms with Gasteiger partial charge in [0.1, 0.15) is 5.82 Å². The number of rotatable bonds is 2. The third-order valence-corrected chi connectivity index (χ3v) is 3.15. The number of hydrogen-bond acceptors (Lipinski definition) is 4. The molecule has 1 aromatic rings. The Morgan fingerprint density at radius 2 is 1.93 bits per heavy atom. The molecule has 15 heavy (non-hydrogen) atoms. The van der Waals surface area contributed by atoms with Crippen LogP contribution in [0.3, 0.4) is 0 Å². The average molecular weight is 206 g/mol. The van der Waals surface area contributed by atoms with Crippen LogP contribution >= 0.6 is 0 Å². The molecule has 82 valence electrons. The minimum Gasteiger partial charge on any atom is -0.382 e. The van der Waals surface area contributed by atoms with Crippen LogP contribution in [0.2, 0.25) is 0 Å². The molecule has 0 atom stereocenters. The number of nitrogens with zero attached hydrogens (tertiary/aromatic N) is 3. The number of aromatic nitrogens is 2.